The molecule has 0 aromatic heterocycles. The van der Waals surface area contributed by atoms with Crippen LogP contribution in [0.5, 0.6) is 0 Å². The number of amides is 1. The number of carbonyl (C=O) groups is 1. The van der Waals surface area contributed by atoms with Gasteiger partial charge in [0, 0.05) is 18.1 Å². The Morgan fingerprint density at radius 3 is 2.74 bits per heavy atom. The molecular formula is C17H17NO. The molecule has 0 fully saturated rings. The van der Waals surface area contributed by atoms with Gasteiger partial charge in [0.25, 0.3) is 0 Å². The van der Waals surface area contributed by atoms with Crippen LogP contribution in [0.2, 0.25) is 0 Å². The Hall–Kier alpha value is -2.27. The van der Waals surface area contributed by atoms with E-state index in [1.54, 1.807) is 11.8 Å². The van der Waals surface area contributed by atoms with Crippen molar-refractivity contribution in [1.29, 1.82) is 0 Å². The molecule has 1 heterocycles. The summed E-state index contributed by atoms with van der Waals surface area (Å²) < 4.78 is 0. The number of benzene rings is 1. The van der Waals surface area contributed by atoms with Gasteiger partial charge in [-0.2, -0.15) is 0 Å². The van der Waals surface area contributed by atoms with E-state index < -0.39 is 0 Å². The van der Waals surface area contributed by atoms with Gasteiger partial charge in [-0.3, -0.25) is 4.79 Å². The van der Waals surface area contributed by atoms with Gasteiger partial charge in [0.2, 0.25) is 5.91 Å². The molecule has 0 saturated heterocycles. The molecule has 1 amide bonds. The van der Waals surface area contributed by atoms with Crippen molar-refractivity contribution in [2.24, 2.45) is 0 Å². The Kier molecular flexibility index (Phi) is 3.87. The number of para-hydroxylation sites is 1. The minimum absolute atomic E-state index is 0.0333. The average molecular weight is 251 g/mol. The SMILES string of the molecule is C/C=C\C1=C(/C)C#Cc2ccccc2N(C(C)=O)C1. The first kappa shape index (κ1) is 13.2. The van der Waals surface area contributed by atoms with E-state index in [1.807, 2.05) is 50.3 Å². The van der Waals surface area contributed by atoms with E-state index in [4.69, 9.17) is 0 Å². The molecule has 0 radical (unpaired) electrons. The van der Waals surface area contributed by atoms with Crippen LogP contribution in [0, 0.1) is 11.8 Å². The van der Waals surface area contributed by atoms with Gasteiger partial charge in [-0.1, -0.05) is 36.1 Å². The summed E-state index contributed by atoms with van der Waals surface area (Å²) in [5.74, 6) is 6.36. The number of rotatable bonds is 1. The van der Waals surface area contributed by atoms with Crippen molar-refractivity contribution >= 4 is 11.6 Å². The number of nitrogens with zero attached hydrogens (tertiary/aromatic N) is 1. The summed E-state index contributed by atoms with van der Waals surface area (Å²) >= 11 is 0. The van der Waals surface area contributed by atoms with Crippen molar-refractivity contribution in [3.05, 3.63) is 53.1 Å². The molecule has 1 aromatic carbocycles. The van der Waals surface area contributed by atoms with Gasteiger partial charge in [-0.15, -0.1) is 0 Å². The van der Waals surface area contributed by atoms with E-state index in [9.17, 15) is 4.79 Å². The van der Waals surface area contributed by atoms with Crippen molar-refractivity contribution in [3.63, 3.8) is 0 Å². The molecule has 0 unspecified atom stereocenters. The summed E-state index contributed by atoms with van der Waals surface area (Å²) in [6.07, 6.45) is 4.00. The lowest BCUT2D eigenvalue weighted by Crippen LogP contribution is -2.31. The Labute approximate surface area is 114 Å². The van der Waals surface area contributed by atoms with Crippen LogP contribution in [0.15, 0.2) is 47.6 Å². The summed E-state index contributed by atoms with van der Waals surface area (Å²) in [5, 5.41) is 0. The highest BCUT2D eigenvalue weighted by atomic mass is 16.2. The van der Waals surface area contributed by atoms with E-state index >= 15 is 0 Å². The quantitative estimate of drug-likeness (QED) is 0.701. The van der Waals surface area contributed by atoms with Gasteiger partial charge in [-0.05, 0) is 31.6 Å². The van der Waals surface area contributed by atoms with Crippen LogP contribution in [0.25, 0.3) is 0 Å². The van der Waals surface area contributed by atoms with E-state index in [-0.39, 0.29) is 5.91 Å². The Bertz CT molecular complexity index is 626. The third-order valence-electron chi connectivity index (χ3n) is 3.14. The molecule has 2 nitrogen and oxygen atoms in total. The lowest BCUT2D eigenvalue weighted by molar-refractivity contribution is -0.116. The first-order valence-corrected chi connectivity index (χ1v) is 6.35. The number of anilines is 1. The normalized spacial score (nSPS) is 18.4. The van der Waals surface area contributed by atoms with Gasteiger partial charge in [0.05, 0.1) is 12.2 Å². The predicted molar refractivity (Wildman–Crippen MR) is 78.9 cm³/mol. The first-order valence-electron chi connectivity index (χ1n) is 6.35. The number of fused-ring (bicyclic) bond motifs is 1. The second-order valence-corrected chi connectivity index (χ2v) is 4.52. The lowest BCUT2D eigenvalue weighted by atomic mass is 10.0. The maximum absolute atomic E-state index is 11.9. The number of allylic oxidation sites excluding steroid dienone is 2. The number of hydrogen-bond donors (Lipinski definition) is 0. The van der Waals surface area contributed by atoms with Gasteiger partial charge >= 0.3 is 0 Å². The maximum atomic E-state index is 11.9. The molecule has 0 bridgehead atoms. The van der Waals surface area contributed by atoms with E-state index in [1.165, 1.54) is 0 Å². The fraction of sp³-hybridized carbons (Fsp3) is 0.235. The first-order chi connectivity index (χ1) is 9.13. The summed E-state index contributed by atoms with van der Waals surface area (Å²) in [4.78, 5) is 13.7. The Balaban J connectivity index is 2.61. The van der Waals surface area contributed by atoms with Crippen molar-refractivity contribution in [1.82, 2.24) is 0 Å². The fourth-order valence-corrected chi connectivity index (χ4v) is 2.09. The summed E-state index contributed by atoms with van der Waals surface area (Å²) in [6.45, 7) is 6.12. The van der Waals surface area contributed by atoms with E-state index in [0.29, 0.717) is 6.54 Å². The molecule has 1 aliphatic heterocycles. The lowest BCUT2D eigenvalue weighted by Gasteiger charge is -2.24. The van der Waals surface area contributed by atoms with Crippen LogP contribution in [0.3, 0.4) is 0 Å². The van der Waals surface area contributed by atoms with Crippen molar-refractivity contribution < 1.29 is 4.79 Å². The predicted octanol–water partition coefficient (Wildman–Crippen LogP) is 3.30. The Morgan fingerprint density at radius 1 is 1.32 bits per heavy atom. The van der Waals surface area contributed by atoms with Gasteiger partial charge in [0.1, 0.15) is 0 Å². The third kappa shape index (κ3) is 2.77. The van der Waals surface area contributed by atoms with Crippen molar-refractivity contribution in [3.8, 4) is 11.8 Å². The van der Waals surface area contributed by atoms with Crippen LogP contribution in [-0.4, -0.2) is 12.5 Å². The molecule has 0 aliphatic carbocycles. The highest BCUT2D eigenvalue weighted by Gasteiger charge is 2.17. The van der Waals surface area contributed by atoms with Crippen molar-refractivity contribution in [2.45, 2.75) is 20.8 Å². The second kappa shape index (κ2) is 5.58. The van der Waals surface area contributed by atoms with Crippen LogP contribution >= 0.6 is 0 Å². The standard InChI is InChI=1S/C17H17NO/c1-4-7-16-12-18(14(3)19)17-9-6-5-8-15(17)11-10-13(16)2/h4-9H,12H2,1-3H3/b7-4-,16-13-. The summed E-state index contributed by atoms with van der Waals surface area (Å²) in [7, 11) is 0. The third-order valence-corrected chi connectivity index (χ3v) is 3.14. The monoisotopic (exact) mass is 251 g/mol. The largest absolute Gasteiger partial charge is 0.307 e. The zero-order chi connectivity index (χ0) is 13.8. The molecular weight excluding hydrogens is 234 g/mol. The number of carbonyl (C=O) groups excluding carboxylic acids is 1. The minimum Gasteiger partial charge on any atom is -0.307 e. The van der Waals surface area contributed by atoms with Crippen molar-refractivity contribution in [2.75, 3.05) is 11.4 Å². The maximum Gasteiger partial charge on any atom is 0.224 e. The van der Waals surface area contributed by atoms with Gasteiger partial charge in [0.15, 0.2) is 0 Å². The van der Waals surface area contributed by atoms with E-state index in [0.717, 1.165) is 22.4 Å². The number of hydrogen-bond acceptors (Lipinski definition) is 1. The van der Waals surface area contributed by atoms with E-state index in [2.05, 4.69) is 11.8 Å². The molecule has 1 aromatic rings. The molecule has 2 heteroatoms. The summed E-state index contributed by atoms with van der Waals surface area (Å²) in [6, 6.07) is 7.77. The summed E-state index contributed by atoms with van der Waals surface area (Å²) in [5.41, 5.74) is 3.88. The van der Waals surface area contributed by atoms with Crippen LogP contribution in [-0.2, 0) is 4.79 Å². The zero-order valence-electron chi connectivity index (χ0n) is 11.5. The van der Waals surface area contributed by atoms with Gasteiger partial charge in [-0.25, -0.2) is 0 Å². The molecule has 96 valence electrons. The molecule has 0 spiro atoms. The van der Waals surface area contributed by atoms with Crippen LogP contribution < -0.4 is 4.90 Å². The van der Waals surface area contributed by atoms with Crippen LogP contribution in [0.4, 0.5) is 5.69 Å². The molecule has 0 saturated carbocycles. The van der Waals surface area contributed by atoms with Gasteiger partial charge < -0.3 is 4.90 Å². The molecule has 0 N–H and O–H groups in total. The fourth-order valence-electron chi connectivity index (χ4n) is 2.09. The van der Waals surface area contributed by atoms with Crippen LogP contribution in [0.1, 0.15) is 26.3 Å². The Morgan fingerprint density at radius 2 is 2.05 bits per heavy atom. The smallest absolute Gasteiger partial charge is 0.224 e. The topological polar surface area (TPSA) is 20.3 Å². The highest BCUT2D eigenvalue weighted by Crippen LogP contribution is 2.24. The molecule has 2 rings (SSSR count). The minimum atomic E-state index is 0.0333. The molecule has 0 atom stereocenters. The molecule has 1 aliphatic rings. The zero-order valence-corrected chi connectivity index (χ0v) is 11.5. The average Bonchev–Trinajstić information content (AvgIpc) is 2.39. The highest BCUT2D eigenvalue weighted by molar-refractivity contribution is 5.94. The molecule has 19 heavy (non-hydrogen) atoms. The second-order valence-electron chi connectivity index (χ2n) is 4.52.